The predicted molar refractivity (Wildman–Crippen MR) is 166 cm³/mol. The van der Waals surface area contributed by atoms with E-state index in [2.05, 4.69) is 5.32 Å². The molecular weight excluding hydrogens is 649 g/mol. The Hall–Kier alpha value is -4.22. The van der Waals surface area contributed by atoms with Crippen molar-refractivity contribution in [2.24, 2.45) is 0 Å². The van der Waals surface area contributed by atoms with Gasteiger partial charge in [0.15, 0.2) is 5.57 Å². The number of anilines is 1. The largest absolute Gasteiger partial charge is 0.418 e. The van der Waals surface area contributed by atoms with E-state index in [9.17, 15) is 36.4 Å². The van der Waals surface area contributed by atoms with Crippen molar-refractivity contribution in [1.82, 2.24) is 8.87 Å². The Bertz CT molecular complexity index is 2110. The molecule has 0 aliphatic carbocycles. The molecule has 1 amide bonds. The summed E-state index contributed by atoms with van der Waals surface area (Å²) in [5, 5.41) is 12.9. The number of nitrogens with one attached hydrogen (secondary N) is 1. The summed E-state index contributed by atoms with van der Waals surface area (Å²) >= 11 is 6.90. The molecule has 0 saturated carbocycles. The molecule has 1 saturated heterocycles. The van der Waals surface area contributed by atoms with Crippen LogP contribution in [0.1, 0.15) is 30.4 Å². The number of alkyl halides is 3. The van der Waals surface area contributed by atoms with Crippen LogP contribution in [0.4, 0.5) is 18.9 Å². The first-order chi connectivity index (χ1) is 21.4. The molecule has 1 N–H and O–H groups in total. The van der Waals surface area contributed by atoms with Crippen molar-refractivity contribution in [3.05, 3.63) is 108 Å². The lowest BCUT2D eigenvalue weighted by molar-refractivity contribution is -0.137. The van der Waals surface area contributed by atoms with E-state index in [4.69, 9.17) is 11.6 Å². The molecular formula is C31H24ClF3N4O4S2. The van der Waals surface area contributed by atoms with Crippen LogP contribution in [0.3, 0.4) is 0 Å². The Morgan fingerprint density at radius 1 is 1.00 bits per heavy atom. The predicted octanol–water partition coefficient (Wildman–Crippen LogP) is 4.89. The van der Waals surface area contributed by atoms with Gasteiger partial charge in [0.05, 0.1) is 20.7 Å². The highest BCUT2D eigenvalue weighted by Crippen LogP contribution is 2.33. The Morgan fingerprint density at radius 3 is 2.38 bits per heavy atom. The van der Waals surface area contributed by atoms with Gasteiger partial charge in [-0.1, -0.05) is 54.4 Å². The molecule has 14 heteroatoms. The molecule has 1 aromatic heterocycles. The lowest BCUT2D eigenvalue weighted by Crippen LogP contribution is -2.35. The SMILES string of the molecule is N#C/C(C(=O)Nc1cccc(S(=O)(=O)N2CCCCC2)c1)=c1/s/c(=C\c2ccccc2Cl)c(=O)n1-c1ccccc1C(F)(F)F. The zero-order chi connectivity index (χ0) is 32.4. The van der Waals surface area contributed by atoms with E-state index >= 15 is 0 Å². The number of nitriles is 1. The van der Waals surface area contributed by atoms with Gasteiger partial charge in [0, 0.05) is 23.8 Å². The maximum absolute atomic E-state index is 14.1. The molecule has 0 atom stereocenters. The summed E-state index contributed by atoms with van der Waals surface area (Å²) < 4.78 is 70.2. The summed E-state index contributed by atoms with van der Waals surface area (Å²) in [6.45, 7) is 0.738. The normalized spacial score (nSPS) is 15.4. The molecule has 0 spiro atoms. The number of sulfonamides is 1. The van der Waals surface area contributed by atoms with Gasteiger partial charge in [-0.15, -0.1) is 11.3 Å². The summed E-state index contributed by atoms with van der Waals surface area (Å²) in [7, 11) is -3.85. The monoisotopic (exact) mass is 672 g/mol. The second kappa shape index (κ2) is 13.0. The number of carbonyl (C=O) groups is 1. The highest BCUT2D eigenvalue weighted by molar-refractivity contribution is 7.89. The minimum Gasteiger partial charge on any atom is -0.321 e. The summed E-state index contributed by atoms with van der Waals surface area (Å²) in [6, 6.07) is 18.0. The average Bonchev–Trinajstić information content (AvgIpc) is 3.33. The van der Waals surface area contributed by atoms with Crippen LogP contribution in [0, 0.1) is 11.3 Å². The standard InChI is InChI=1S/C31H24ClF3N4O4S2/c32-25-13-4-2-9-20(25)17-27-29(41)39(26-14-5-3-12-24(26)31(33,34)35)30(44-27)23(19-36)28(40)37-21-10-8-11-22(18-21)45(42,43)38-15-6-1-7-16-38/h2-5,8-14,17-18H,1,6-7,15-16H2,(H,37,40)/b27-17-,30-23-. The Kier molecular flexibility index (Phi) is 9.31. The van der Waals surface area contributed by atoms with E-state index in [0.717, 1.165) is 37.5 Å². The molecule has 4 aromatic rings. The third-order valence-corrected chi connectivity index (χ3v) is 10.4. The van der Waals surface area contributed by atoms with Gasteiger partial charge in [0.1, 0.15) is 10.7 Å². The molecule has 5 rings (SSSR count). The molecule has 232 valence electrons. The lowest BCUT2D eigenvalue weighted by atomic mass is 10.1. The van der Waals surface area contributed by atoms with Crippen LogP contribution in [-0.4, -0.2) is 36.3 Å². The minimum atomic E-state index is -4.86. The number of para-hydroxylation sites is 1. The van der Waals surface area contributed by atoms with Gasteiger partial charge in [-0.3, -0.25) is 14.2 Å². The number of piperidine rings is 1. The van der Waals surface area contributed by atoms with Crippen LogP contribution in [-0.2, 0) is 21.0 Å². The summed E-state index contributed by atoms with van der Waals surface area (Å²) in [6.07, 6.45) is -1.11. The van der Waals surface area contributed by atoms with E-state index in [1.54, 1.807) is 30.3 Å². The van der Waals surface area contributed by atoms with Crippen LogP contribution >= 0.6 is 22.9 Å². The van der Waals surface area contributed by atoms with Crippen LogP contribution in [0.2, 0.25) is 5.02 Å². The summed E-state index contributed by atoms with van der Waals surface area (Å²) in [4.78, 5) is 27.1. The third-order valence-electron chi connectivity index (χ3n) is 7.06. The molecule has 3 aromatic carbocycles. The number of rotatable bonds is 6. The quantitative estimate of drug-likeness (QED) is 0.314. The summed E-state index contributed by atoms with van der Waals surface area (Å²) in [5.41, 5.74) is -2.84. The zero-order valence-electron chi connectivity index (χ0n) is 23.3. The van der Waals surface area contributed by atoms with Gasteiger partial charge in [-0.05, 0) is 60.9 Å². The van der Waals surface area contributed by atoms with Gasteiger partial charge in [-0.25, -0.2) is 8.42 Å². The molecule has 0 unspecified atom stereocenters. The van der Waals surface area contributed by atoms with Gasteiger partial charge < -0.3 is 5.32 Å². The van der Waals surface area contributed by atoms with Crippen LogP contribution in [0.25, 0.3) is 17.3 Å². The maximum Gasteiger partial charge on any atom is 0.418 e. The number of halogens is 4. The number of nitrogens with zero attached hydrogens (tertiary/aromatic N) is 3. The smallest absolute Gasteiger partial charge is 0.321 e. The first-order valence-corrected chi connectivity index (χ1v) is 16.3. The fourth-order valence-electron chi connectivity index (χ4n) is 4.89. The number of benzene rings is 3. The van der Waals surface area contributed by atoms with Crippen molar-refractivity contribution in [2.75, 3.05) is 18.4 Å². The fourth-order valence-corrected chi connectivity index (χ4v) is 7.73. The zero-order valence-corrected chi connectivity index (χ0v) is 25.7. The van der Waals surface area contributed by atoms with Crippen molar-refractivity contribution in [3.63, 3.8) is 0 Å². The molecule has 0 bridgehead atoms. The number of aromatic nitrogens is 1. The topological polar surface area (TPSA) is 112 Å². The molecule has 8 nitrogen and oxygen atoms in total. The number of hydrogen-bond donors (Lipinski definition) is 1. The first-order valence-electron chi connectivity index (χ1n) is 13.6. The Labute approximate surface area is 265 Å². The second-order valence-electron chi connectivity index (χ2n) is 10.0. The van der Waals surface area contributed by atoms with Crippen molar-refractivity contribution in [1.29, 1.82) is 5.26 Å². The van der Waals surface area contributed by atoms with E-state index < -0.39 is 44.5 Å². The third kappa shape index (κ3) is 6.74. The molecule has 45 heavy (non-hydrogen) atoms. The van der Waals surface area contributed by atoms with Crippen molar-refractivity contribution in [3.8, 4) is 11.8 Å². The van der Waals surface area contributed by atoms with E-state index in [1.165, 1.54) is 40.7 Å². The molecule has 2 heterocycles. The van der Waals surface area contributed by atoms with Gasteiger partial charge in [-0.2, -0.15) is 22.7 Å². The van der Waals surface area contributed by atoms with Crippen LogP contribution in [0.15, 0.2) is 82.5 Å². The average molecular weight is 673 g/mol. The van der Waals surface area contributed by atoms with E-state index in [0.29, 0.717) is 34.6 Å². The second-order valence-corrected chi connectivity index (χ2v) is 13.4. The van der Waals surface area contributed by atoms with Crippen molar-refractivity contribution >= 4 is 56.2 Å². The Morgan fingerprint density at radius 2 is 1.69 bits per heavy atom. The van der Waals surface area contributed by atoms with Crippen LogP contribution < -0.4 is 20.1 Å². The maximum atomic E-state index is 14.1. The van der Waals surface area contributed by atoms with Crippen molar-refractivity contribution in [2.45, 2.75) is 30.3 Å². The summed E-state index contributed by atoms with van der Waals surface area (Å²) in [5.74, 6) is -1.05. The van der Waals surface area contributed by atoms with Gasteiger partial charge >= 0.3 is 6.18 Å². The number of amides is 1. The van der Waals surface area contributed by atoms with E-state index in [1.807, 2.05) is 0 Å². The first kappa shape index (κ1) is 32.2. The molecule has 1 aliphatic heterocycles. The fraction of sp³-hybridized carbons (Fsp3) is 0.194. The lowest BCUT2D eigenvalue weighted by Gasteiger charge is -2.26. The molecule has 1 fully saturated rings. The number of thiazole rings is 1. The number of carbonyl (C=O) groups excluding carboxylic acids is 1. The highest BCUT2D eigenvalue weighted by Gasteiger charge is 2.35. The van der Waals surface area contributed by atoms with E-state index in [-0.39, 0.29) is 24.8 Å². The Balaban J connectivity index is 1.67. The van der Waals surface area contributed by atoms with Crippen molar-refractivity contribution < 1.29 is 26.4 Å². The number of hydrogen-bond acceptors (Lipinski definition) is 6. The highest BCUT2D eigenvalue weighted by atomic mass is 35.5. The van der Waals surface area contributed by atoms with Gasteiger partial charge in [0.2, 0.25) is 10.0 Å². The molecule has 1 aliphatic rings. The minimum absolute atomic E-state index is 0.0369. The van der Waals surface area contributed by atoms with Gasteiger partial charge in [0.25, 0.3) is 11.5 Å². The molecule has 0 radical (unpaired) electrons. The van der Waals surface area contributed by atoms with Crippen LogP contribution in [0.5, 0.6) is 0 Å².